The first kappa shape index (κ1) is 15.8. The smallest absolute Gasteiger partial charge is 0.193 e. The van der Waals surface area contributed by atoms with Gasteiger partial charge in [-0.1, -0.05) is 30.3 Å². The Balaban J connectivity index is 2.08. The van der Waals surface area contributed by atoms with Crippen LogP contribution >= 0.6 is 0 Å². The zero-order valence-electron chi connectivity index (χ0n) is 13.7. The second-order valence-electron chi connectivity index (χ2n) is 5.34. The zero-order valence-corrected chi connectivity index (χ0v) is 13.7. The summed E-state index contributed by atoms with van der Waals surface area (Å²) in [6.45, 7) is 0. The Labute approximate surface area is 141 Å². The summed E-state index contributed by atoms with van der Waals surface area (Å²) in [5.41, 5.74) is 3.11. The molecule has 0 aromatic heterocycles. The topological polar surface area (TPSA) is 35.5 Å². The Bertz CT molecular complexity index is 837. The molecule has 3 heteroatoms. The van der Waals surface area contributed by atoms with Crippen molar-refractivity contribution in [3.63, 3.8) is 0 Å². The average Bonchev–Trinajstić information content (AvgIpc) is 2.67. The van der Waals surface area contributed by atoms with Crippen molar-refractivity contribution in [2.45, 2.75) is 0 Å². The van der Waals surface area contributed by atoms with Gasteiger partial charge in [0.05, 0.1) is 14.2 Å². The molecule has 24 heavy (non-hydrogen) atoms. The van der Waals surface area contributed by atoms with Gasteiger partial charge < -0.3 is 9.47 Å². The van der Waals surface area contributed by atoms with Gasteiger partial charge in [-0.25, -0.2) is 0 Å². The molecule has 0 bridgehead atoms. The molecular weight excluding hydrogens is 300 g/mol. The minimum Gasteiger partial charge on any atom is -0.497 e. The highest BCUT2D eigenvalue weighted by atomic mass is 16.5. The van der Waals surface area contributed by atoms with Crippen LogP contribution in [0.1, 0.15) is 15.9 Å². The highest BCUT2D eigenvalue weighted by Crippen LogP contribution is 2.29. The maximum absolute atomic E-state index is 13.0. The number of ketones is 1. The highest BCUT2D eigenvalue weighted by Gasteiger charge is 2.16. The number of methoxy groups -OCH3 is 2. The molecule has 0 unspecified atom stereocenters. The molecule has 0 heterocycles. The van der Waals surface area contributed by atoms with E-state index in [-0.39, 0.29) is 5.78 Å². The van der Waals surface area contributed by atoms with Gasteiger partial charge in [-0.3, -0.25) is 4.79 Å². The first-order valence-corrected chi connectivity index (χ1v) is 7.65. The van der Waals surface area contributed by atoms with Crippen molar-refractivity contribution in [3.05, 3.63) is 83.9 Å². The highest BCUT2D eigenvalue weighted by molar-refractivity contribution is 6.13. The molecule has 0 atom stereocenters. The summed E-state index contributed by atoms with van der Waals surface area (Å²) in [6, 6.07) is 22.6. The number of hydrogen-bond donors (Lipinski definition) is 0. The molecule has 0 aliphatic carbocycles. The maximum atomic E-state index is 13.0. The van der Waals surface area contributed by atoms with Crippen molar-refractivity contribution >= 4 is 5.78 Å². The molecule has 3 rings (SSSR count). The normalized spacial score (nSPS) is 10.2. The predicted octanol–water partition coefficient (Wildman–Crippen LogP) is 4.60. The van der Waals surface area contributed by atoms with Crippen LogP contribution in [0.4, 0.5) is 0 Å². The number of carbonyl (C=O) groups is 1. The van der Waals surface area contributed by atoms with Gasteiger partial charge in [-0.2, -0.15) is 0 Å². The number of ether oxygens (including phenoxy) is 2. The van der Waals surface area contributed by atoms with E-state index in [0.717, 1.165) is 16.9 Å². The van der Waals surface area contributed by atoms with Crippen LogP contribution in [0, 0.1) is 0 Å². The Morgan fingerprint density at radius 2 is 1.38 bits per heavy atom. The van der Waals surface area contributed by atoms with Gasteiger partial charge in [0, 0.05) is 11.1 Å². The summed E-state index contributed by atoms with van der Waals surface area (Å²) in [5.74, 6) is 1.34. The summed E-state index contributed by atoms with van der Waals surface area (Å²) in [7, 11) is 3.20. The second kappa shape index (κ2) is 7.01. The lowest BCUT2D eigenvalue weighted by Crippen LogP contribution is -2.04. The summed E-state index contributed by atoms with van der Waals surface area (Å²) in [5, 5.41) is 0. The third-order valence-electron chi connectivity index (χ3n) is 3.91. The van der Waals surface area contributed by atoms with Gasteiger partial charge in [0.15, 0.2) is 5.78 Å². The molecule has 120 valence electrons. The molecule has 0 saturated heterocycles. The van der Waals surface area contributed by atoms with Crippen LogP contribution in [-0.2, 0) is 0 Å². The molecule has 0 amide bonds. The molecule has 0 radical (unpaired) electrons. The number of carbonyl (C=O) groups excluding carboxylic acids is 1. The van der Waals surface area contributed by atoms with Crippen molar-refractivity contribution in [2.75, 3.05) is 14.2 Å². The summed E-state index contributed by atoms with van der Waals surface area (Å²) in [4.78, 5) is 13.0. The van der Waals surface area contributed by atoms with Crippen molar-refractivity contribution in [1.29, 1.82) is 0 Å². The van der Waals surface area contributed by atoms with Crippen molar-refractivity contribution in [2.24, 2.45) is 0 Å². The largest absolute Gasteiger partial charge is 0.497 e. The number of benzene rings is 3. The lowest BCUT2D eigenvalue weighted by Gasteiger charge is -2.11. The molecular formula is C21H18O3. The molecule has 0 aliphatic heterocycles. The number of rotatable bonds is 5. The zero-order chi connectivity index (χ0) is 16.9. The number of hydrogen-bond acceptors (Lipinski definition) is 3. The van der Waals surface area contributed by atoms with E-state index in [1.165, 1.54) is 0 Å². The third-order valence-corrected chi connectivity index (χ3v) is 3.91. The Kier molecular flexibility index (Phi) is 4.62. The molecule has 0 spiro atoms. The summed E-state index contributed by atoms with van der Waals surface area (Å²) >= 11 is 0. The minimum atomic E-state index is -0.0459. The van der Waals surface area contributed by atoms with Crippen LogP contribution < -0.4 is 9.47 Å². The monoisotopic (exact) mass is 318 g/mol. The van der Waals surface area contributed by atoms with Gasteiger partial charge in [-0.05, 0) is 53.6 Å². The van der Waals surface area contributed by atoms with Gasteiger partial charge in [-0.15, -0.1) is 0 Å². The molecule has 0 N–H and O–H groups in total. The van der Waals surface area contributed by atoms with Crippen LogP contribution in [0.2, 0.25) is 0 Å². The van der Waals surface area contributed by atoms with Gasteiger partial charge in [0.2, 0.25) is 0 Å². The Hall–Kier alpha value is -3.07. The predicted molar refractivity (Wildman–Crippen MR) is 94.9 cm³/mol. The van der Waals surface area contributed by atoms with E-state index in [0.29, 0.717) is 16.9 Å². The fourth-order valence-electron chi connectivity index (χ4n) is 2.61. The SMILES string of the molecule is COc1ccc(C(=O)c2cc(OC)ccc2-c2ccccc2)cc1. The second-order valence-corrected chi connectivity index (χ2v) is 5.34. The molecule has 3 aromatic rings. The van der Waals surface area contributed by atoms with Crippen LogP contribution in [0.3, 0.4) is 0 Å². The van der Waals surface area contributed by atoms with Crippen molar-refractivity contribution in [1.82, 2.24) is 0 Å². The lowest BCUT2D eigenvalue weighted by molar-refractivity contribution is 0.103. The van der Waals surface area contributed by atoms with Crippen LogP contribution in [-0.4, -0.2) is 20.0 Å². The fraction of sp³-hybridized carbons (Fsp3) is 0.0952. The fourth-order valence-corrected chi connectivity index (χ4v) is 2.61. The van der Waals surface area contributed by atoms with E-state index in [1.54, 1.807) is 44.6 Å². The van der Waals surface area contributed by atoms with Gasteiger partial charge in [0.25, 0.3) is 0 Å². The molecule has 3 aromatic carbocycles. The van der Waals surface area contributed by atoms with Crippen LogP contribution in [0.25, 0.3) is 11.1 Å². The van der Waals surface area contributed by atoms with Crippen molar-refractivity contribution in [3.8, 4) is 22.6 Å². The van der Waals surface area contributed by atoms with Gasteiger partial charge in [0.1, 0.15) is 11.5 Å². The quantitative estimate of drug-likeness (QED) is 0.645. The first-order chi connectivity index (χ1) is 11.7. The van der Waals surface area contributed by atoms with E-state index < -0.39 is 0 Å². The third kappa shape index (κ3) is 3.15. The van der Waals surface area contributed by atoms with Crippen molar-refractivity contribution < 1.29 is 14.3 Å². The minimum absolute atomic E-state index is 0.0459. The Morgan fingerprint density at radius 1 is 0.750 bits per heavy atom. The van der Waals surface area contributed by atoms with E-state index in [2.05, 4.69) is 0 Å². The first-order valence-electron chi connectivity index (χ1n) is 7.65. The Morgan fingerprint density at radius 3 is 2.00 bits per heavy atom. The van der Waals surface area contributed by atoms with E-state index >= 15 is 0 Å². The van der Waals surface area contributed by atoms with Gasteiger partial charge >= 0.3 is 0 Å². The average molecular weight is 318 g/mol. The maximum Gasteiger partial charge on any atom is 0.193 e. The summed E-state index contributed by atoms with van der Waals surface area (Å²) in [6.07, 6.45) is 0. The van der Waals surface area contributed by atoms with Crippen LogP contribution in [0.15, 0.2) is 72.8 Å². The molecule has 0 fully saturated rings. The van der Waals surface area contributed by atoms with E-state index in [1.807, 2.05) is 42.5 Å². The lowest BCUT2D eigenvalue weighted by atomic mass is 9.93. The van der Waals surface area contributed by atoms with Crippen LogP contribution in [0.5, 0.6) is 11.5 Å². The van der Waals surface area contributed by atoms with E-state index in [4.69, 9.17) is 9.47 Å². The standard InChI is InChI=1S/C21H18O3/c1-23-17-10-8-16(9-11-17)21(22)20-14-18(24-2)12-13-19(20)15-6-4-3-5-7-15/h3-14H,1-2H3. The summed E-state index contributed by atoms with van der Waals surface area (Å²) < 4.78 is 10.4. The molecule has 3 nitrogen and oxygen atoms in total. The molecule has 0 saturated carbocycles. The molecule has 0 aliphatic rings. The van der Waals surface area contributed by atoms with E-state index in [9.17, 15) is 4.79 Å².